The van der Waals surface area contributed by atoms with Gasteiger partial charge in [-0.25, -0.2) is 0 Å². The number of aromatic amines is 1. The number of aryl methyl sites for hydroxylation is 1. The van der Waals surface area contributed by atoms with E-state index in [0.717, 1.165) is 70.1 Å². The number of H-pyrrole nitrogens is 1. The molecule has 3 heterocycles. The lowest BCUT2D eigenvalue weighted by atomic mass is 9.96. The Bertz CT molecular complexity index is 1360. The van der Waals surface area contributed by atoms with Gasteiger partial charge in [-0.15, -0.1) is 12.8 Å². The van der Waals surface area contributed by atoms with Crippen molar-refractivity contribution in [1.82, 2.24) is 14.9 Å². The van der Waals surface area contributed by atoms with Gasteiger partial charge in [-0.2, -0.15) is 0 Å². The van der Waals surface area contributed by atoms with Crippen LogP contribution in [0.25, 0.3) is 5.57 Å². The molecule has 0 saturated carbocycles. The van der Waals surface area contributed by atoms with Crippen LogP contribution in [0.2, 0.25) is 0 Å². The number of nitrogens with zero attached hydrogens (tertiary/aromatic N) is 2. The Morgan fingerprint density at radius 1 is 1.12 bits per heavy atom. The molecule has 0 atom stereocenters. The average molecular weight is 577 g/mol. The number of allylic oxidation sites excluding steroid dienone is 10. The Balaban J connectivity index is 0.00000221. The van der Waals surface area contributed by atoms with Crippen LogP contribution < -0.4 is 5.73 Å². The first-order valence-electron chi connectivity index (χ1n) is 15.2. The van der Waals surface area contributed by atoms with Gasteiger partial charge in [0.1, 0.15) is 0 Å². The van der Waals surface area contributed by atoms with E-state index in [9.17, 15) is 0 Å². The summed E-state index contributed by atoms with van der Waals surface area (Å²) >= 11 is 0. The molecule has 0 spiro atoms. The molecule has 2 aromatic rings. The first-order chi connectivity index (χ1) is 20.9. The van der Waals surface area contributed by atoms with E-state index in [-0.39, 0.29) is 0 Å². The Morgan fingerprint density at radius 3 is 2.37 bits per heavy atom. The highest BCUT2D eigenvalue weighted by atomic mass is 15.1. The van der Waals surface area contributed by atoms with Gasteiger partial charge in [-0.3, -0.25) is 9.88 Å². The Hall–Kier alpha value is -4.33. The molecule has 1 saturated heterocycles. The van der Waals surface area contributed by atoms with E-state index < -0.39 is 0 Å². The summed E-state index contributed by atoms with van der Waals surface area (Å²) in [4.78, 5) is 10.4. The zero-order valence-corrected chi connectivity index (χ0v) is 27.3. The van der Waals surface area contributed by atoms with Crippen LogP contribution in [-0.2, 0) is 6.42 Å². The number of nitrogens with two attached hydrogens (primary N) is 1. The van der Waals surface area contributed by atoms with Crippen LogP contribution in [0, 0.1) is 19.8 Å². The maximum absolute atomic E-state index is 6.50. The Kier molecular flexibility index (Phi) is 17.5. The van der Waals surface area contributed by atoms with Crippen molar-refractivity contribution in [3.05, 3.63) is 143 Å². The second-order valence-corrected chi connectivity index (χ2v) is 9.95. The second kappa shape index (κ2) is 20.5. The summed E-state index contributed by atoms with van der Waals surface area (Å²) in [6.45, 7) is 23.9. The lowest BCUT2D eigenvalue weighted by Gasteiger charge is -2.16. The molecule has 0 bridgehead atoms. The summed E-state index contributed by atoms with van der Waals surface area (Å²) in [5, 5.41) is 0. The van der Waals surface area contributed by atoms with E-state index in [1.54, 1.807) is 6.20 Å². The van der Waals surface area contributed by atoms with Crippen molar-refractivity contribution in [2.75, 3.05) is 19.6 Å². The first-order valence-corrected chi connectivity index (χ1v) is 15.2. The molecule has 1 fully saturated rings. The number of hydrogen-bond acceptors (Lipinski definition) is 3. The molecule has 0 unspecified atom stereocenters. The fraction of sp³-hybridized carbons (Fsp3) is 0.308. The van der Waals surface area contributed by atoms with Gasteiger partial charge in [0, 0.05) is 53.6 Å². The maximum Gasteiger partial charge on any atom is 0.0346 e. The van der Waals surface area contributed by atoms with Gasteiger partial charge in [-0.05, 0) is 99.7 Å². The fourth-order valence-corrected chi connectivity index (χ4v) is 4.91. The molecule has 43 heavy (non-hydrogen) atoms. The molecular weight excluding hydrogens is 524 g/mol. The number of nitrogens with one attached hydrogen (secondary N) is 1. The predicted molar refractivity (Wildman–Crippen MR) is 189 cm³/mol. The third-order valence-electron chi connectivity index (χ3n) is 7.09. The molecule has 4 nitrogen and oxygen atoms in total. The minimum Gasteiger partial charge on any atom is -0.399 e. The average Bonchev–Trinajstić information content (AvgIpc) is 3.70. The number of aromatic nitrogens is 2. The summed E-state index contributed by atoms with van der Waals surface area (Å²) in [6, 6.07) is 6.28. The predicted octanol–water partition coefficient (Wildman–Crippen LogP) is 9.04. The van der Waals surface area contributed by atoms with E-state index in [2.05, 4.69) is 97.2 Å². The molecule has 228 valence electrons. The van der Waals surface area contributed by atoms with Crippen molar-refractivity contribution in [3.63, 3.8) is 0 Å². The van der Waals surface area contributed by atoms with Crippen molar-refractivity contribution in [2.45, 2.75) is 60.8 Å². The standard InChI is InChI=1S/C35H44N4.C2H6.C2H2/c1-7-11-16-33(30-15-14-17-37-24-30)34-23-32(38-27(34)6)22-31(35(36)10-4)20-26(5)29(9-3)21-28(8-2)25-39-18-12-13-19-39;2*1-2/h7-11,14-17,20-21,23-24,38H,2,5,12-13,18-19,22,25,36H2,1,3-4,6H3;1-2H3;1-2H/b11-7-,28-21+,29-9+,31-20-,33-16-,35-10+;;. The molecule has 2 aromatic heterocycles. The van der Waals surface area contributed by atoms with E-state index in [1.165, 1.54) is 18.4 Å². The van der Waals surface area contributed by atoms with Crippen LogP contribution >= 0.6 is 0 Å². The lowest BCUT2D eigenvalue weighted by Crippen LogP contribution is -2.21. The van der Waals surface area contributed by atoms with Gasteiger partial charge in [-0.1, -0.05) is 75.6 Å². The van der Waals surface area contributed by atoms with E-state index in [1.807, 2.05) is 58.2 Å². The first kappa shape index (κ1) is 36.7. The highest BCUT2D eigenvalue weighted by Crippen LogP contribution is 2.29. The van der Waals surface area contributed by atoms with Gasteiger partial charge >= 0.3 is 0 Å². The van der Waals surface area contributed by atoms with Gasteiger partial charge in [0.25, 0.3) is 0 Å². The van der Waals surface area contributed by atoms with Crippen LogP contribution in [-0.4, -0.2) is 34.5 Å². The lowest BCUT2D eigenvalue weighted by molar-refractivity contribution is 0.371. The largest absolute Gasteiger partial charge is 0.399 e. The SMILES string of the molecule is C#C.C=C/C(=C\C(=C/C)C(=C)/C=C(Cc1cc(/C(=C\C=C/C)c2cccnc2)c(C)[nH]1)\C(N)=C/C)CN1CCCC1.CC. The molecule has 4 heteroatoms. The highest BCUT2D eigenvalue weighted by molar-refractivity contribution is 5.82. The zero-order chi connectivity index (χ0) is 32.2. The minimum atomic E-state index is 0.669. The second-order valence-electron chi connectivity index (χ2n) is 9.95. The summed E-state index contributed by atoms with van der Waals surface area (Å²) in [5.41, 5.74) is 17.1. The minimum absolute atomic E-state index is 0.669. The van der Waals surface area contributed by atoms with E-state index in [4.69, 9.17) is 5.73 Å². The van der Waals surface area contributed by atoms with Gasteiger partial charge < -0.3 is 10.7 Å². The van der Waals surface area contributed by atoms with Crippen LogP contribution in [0.4, 0.5) is 0 Å². The summed E-state index contributed by atoms with van der Waals surface area (Å²) < 4.78 is 0. The zero-order valence-electron chi connectivity index (χ0n) is 27.3. The third kappa shape index (κ3) is 11.5. The molecule has 0 aliphatic carbocycles. The monoisotopic (exact) mass is 576 g/mol. The van der Waals surface area contributed by atoms with E-state index in [0.29, 0.717) is 6.42 Å². The third-order valence-corrected chi connectivity index (χ3v) is 7.09. The number of rotatable bonds is 12. The topological polar surface area (TPSA) is 57.9 Å². The molecular formula is C39H52N4. The molecule has 1 aliphatic rings. The normalized spacial score (nSPS) is 15.0. The van der Waals surface area contributed by atoms with Crippen molar-refractivity contribution in [3.8, 4) is 12.8 Å². The maximum atomic E-state index is 6.50. The quantitative estimate of drug-likeness (QED) is 0.196. The summed E-state index contributed by atoms with van der Waals surface area (Å²) in [6.07, 6.45) is 31.5. The van der Waals surface area contributed by atoms with Gasteiger partial charge in [0.05, 0.1) is 0 Å². The number of terminal acetylenes is 1. The Morgan fingerprint density at radius 2 is 1.81 bits per heavy atom. The van der Waals surface area contributed by atoms with Crippen molar-refractivity contribution in [2.24, 2.45) is 5.73 Å². The number of likely N-dealkylation sites (tertiary alicyclic amines) is 1. The molecule has 0 aromatic carbocycles. The molecule has 0 radical (unpaired) electrons. The summed E-state index contributed by atoms with van der Waals surface area (Å²) in [5.74, 6) is 0. The fourth-order valence-electron chi connectivity index (χ4n) is 4.91. The number of pyridine rings is 1. The van der Waals surface area contributed by atoms with Crippen LogP contribution in [0.1, 0.15) is 70.0 Å². The van der Waals surface area contributed by atoms with Crippen molar-refractivity contribution >= 4 is 5.57 Å². The van der Waals surface area contributed by atoms with Crippen molar-refractivity contribution < 1.29 is 0 Å². The molecule has 3 N–H and O–H groups in total. The molecule has 0 amide bonds. The van der Waals surface area contributed by atoms with Crippen LogP contribution in [0.15, 0.2) is 120 Å². The highest BCUT2D eigenvalue weighted by Gasteiger charge is 2.15. The Labute approximate surface area is 261 Å². The summed E-state index contributed by atoms with van der Waals surface area (Å²) in [7, 11) is 0. The molecule has 1 aliphatic heterocycles. The van der Waals surface area contributed by atoms with Crippen LogP contribution in [0.3, 0.4) is 0 Å². The van der Waals surface area contributed by atoms with Gasteiger partial charge in [0.2, 0.25) is 0 Å². The number of hydrogen-bond donors (Lipinski definition) is 2. The smallest absolute Gasteiger partial charge is 0.0346 e. The van der Waals surface area contributed by atoms with Crippen molar-refractivity contribution in [1.29, 1.82) is 0 Å². The van der Waals surface area contributed by atoms with Crippen LogP contribution in [0.5, 0.6) is 0 Å². The van der Waals surface area contributed by atoms with E-state index >= 15 is 0 Å². The molecule has 3 rings (SSSR count). The van der Waals surface area contributed by atoms with Gasteiger partial charge in [0.15, 0.2) is 0 Å².